The molecule has 2 aliphatic rings. The van der Waals surface area contributed by atoms with Crippen molar-refractivity contribution in [3.8, 4) is 0 Å². The minimum absolute atomic E-state index is 0.0417. The molecule has 0 saturated carbocycles. The molecule has 160 valence electrons. The third-order valence-electron chi connectivity index (χ3n) is 5.80. The van der Waals surface area contributed by atoms with E-state index in [1.165, 1.54) is 11.3 Å². The lowest BCUT2D eigenvalue weighted by Crippen LogP contribution is -2.42. The number of carbonyl (C=O) groups excluding carboxylic acids is 2. The quantitative estimate of drug-likeness (QED) is 0.797. The molecule has 1 N–H and O–H groups in total. The lowest BCUT2D eigenvalue weighted by atomic mass is 9.94. The van der Waals surface area contributed by atoms with Crippen molar-refractivity contribution < 1.29 is 9.59 Å². The molecule has 1 saturated heterocycles. The number of aromatic nitrogens is 2. The Kier molecular flexibility index (Phi) is 5.30. The summed E-state index contributed by atoms with van der Waals surface area (Å²) < 4.78 is 0. The van der Waals surface area contributed by atoms with Crippen molar-refractivity contribution in [3.63, 3.8) is 0 Å². The highest BCUT2D eigenvalue weighted by atomic mass is 32.1. The highest BCUT2D eigenvalue weighted by Gasteiger charge is 2.37. The Morgan fingerprint density at radius 1 is 1.23 bits per heavy atom. The van der Waals surface area contributed by atoms with Crippen LogP contribution >= 0.6 is 11.3 Å². The Balaban J connectivity index is 1.58. The van der Waals surface area contributed by atoms with Gasteiger partial charge in [-0.25, -0.2) is 4.98 Å². The zero-order valence-electron chi connectivity index (χ0n) is 17.9. The van der Waals surface area contributed by atoms with Crippen molar-refractivity contribution in [2.75, 3.05) is 13.1 Å². The largest absolute Gasteiger partial charge is 0.333 e. The summed E-state index contributed by atoms with van der Waals surface area (Å²) in [4.78, 5) is 51.5. The fraction of sp³-hybridized carbons (Fsp3) is 0.545. The van der Waals surface area contributed by atoms with Gasteiger partial charge in [-0.2, -0.15) is 0 Å². The molecule has 2 aromatic rings. The van der Waals surface area contributed by atoms with E-state index in [1.54, 1.807) is 4.90 Å². The summed E-state index contributed by atoms with van der Waals surface area (Å²) in [5.74, 6) is 0.607. The Morgan fingerprint density at radius 2 is 2.00 bits per heavy atom. The Bertz CT molecular complexity index is 1050. The van der Waals surface area contributed by atoms with E-state index in [9.17, 15) is 14.4 Å². The molecular weight excluding hydrogens is 400 g/mol. The van der Waals surface area contributed by atoms with Gasteiger partial charge in [0.05, 0.1) is 28.7 Å². The van der Waals surface area contributed by atoms with Gasteiger partial charge in [-0.05, 0) is 31.9 Å². The van der Waals surface area contributed by atoms with E-state index in [1.807, 2.05) is 44.7 Å². The molecule has 0 radical (unpaired) electrons. The van der Waals surface area contributed by atoms with Gasteiger partial charge >= 0.3 is 0 Å². The third kappa shape index (κ3) is 3.80. The van der Waals surface area contributed by atoms with E-state index in [2.05, 4.69) is 4.98 Å². The molecule has 1 fully saturated rings. The van der Waals surface area contributed by atoms with E-state index >= 15 is 0 Å². The van der Waals surface area contributed by atoms with Crippen molar-refractivity contribution >= 4 is 23.2 Å². The van der Waals surface area contributed by atoms with Crippen LogP contribution in [-0.2, 0) is 17.8 Å². The van der Waals surface area contributed by atoms with Gasteiger partial charge in [0.15, 0.2) is 0 Å². The number of rotatable bonds is 2. The fourth-order valence-electron chi connectivity index (χ4n) is 4.21. The first-order valence-corrected chi connectivity index (χ1v) is 11.3. The second-order valence-electron chi connectivity index (χ2n) is 9.17. The van der Waals surface area contributed by atoms with Gasteiger partial charge in [0.2, 0.25) is 5.91 Å². The van der Waals surface area contributed by atoms with Crippen LogP contribution in [0, 0.1) is 12.3 Å². The van der Waals surface area contributed by atoms with E-state index in [0.717, 1.165) is 23.4 Å². The molecule has 2 aliphatic heterocycles. The van der Waals surface area contributed by atoms with E-state index in [4.69, 9.17) is 4.98 Å². The van der Waals surface area contributed by atoms with E-state index in [-0.39, 0.29) is 30.0 Å². The topological polar surface area (TPSA) is 86.4 Å². The number of aryl methyl sites for hydroxylation is 1. The van der Waals surface area contributed by atoms with Crippen molar-refractivity contribution in [2.24, 2.45) is 5.41 Å². The number of H-pyrrole nitrogens is 1. The van der Waals surface area contributed by atoms with Gasteiger partial charge in [-0.1, -0.05) is 20.8 Å². The summed E-state index contributed by atoms with van der Waals surface area (Å²) in [6, 6.07) is 3.58. The molecule has 4 rings (SSSR count). The summed E-state index contributed by atoms with van der Waals surface area (Å²) in [5.41, 5.74) is 0.622. The molecule has 4 heterocycles. The highest BCUT2D eigenvalue weighted by molar-refractivity contribution is 7.13. The van der Waals surface area contributed by atoms with Crippen LogP contribution < -0.4 is 5.56 Å². The van der Waals surface area contributed by atoms with Crippen LogP contribution in [0.25, 0.3) is 0 Å². The predicted octanol–water partition coefficient (Wildman–Crippen LogP) is 3.05. The van der Waals surface area contributed by atoms with Crippen LogP contribution in [0.4, 0.5) is 0 Å². The first kappa shape index (κ1) is 20.8. The number of hydrogen-bond donors (Lipinski definition) is 1. The fourth-order valence-corrected chi connectivity index (χ4v) is 5.04. The average Bonchev–Trinajstić information content (AvgIpc) is 3.35. The van der Waals surface area contributed by atoms with Gasteiger partial charge in [0, 0.05) is 29.8 Å². The first-order valence-electron chi connectivity index (χ1n) is 10.4. The number of nitrogens with one attached hydrogen (secondary N) is 1. The molecule has 8 heteroatoms. The standard InChI is InChI=1S/C22H28N4O3S/c1-13-7-8-17(30-13)20(28)25-11-9-15-14(12-25)19(27)24-18(23-15)16-6-5-10-26(16)21(29)22(2,3)4/h7-8,16H,5-6,9-12H2,1-4H3,(H,23,24,27)/t16-/m1/s1. The summed E-state index contributed by atoms with van der Waals surface area (Å²) in [6.45, 7) is 9.19. The summed E-state index contributed by atoms with van der Waals surface area (Å²) in [7, 11) is 0. The maximum Gasteiger partial charge on any atom is 0.264 e. The molecule has 0 spiro atoms. The normalized spacial score (nSPS) is 19.1. The van der Waals surface area contributed by atoms with Crippen molar-refractivity contribution in [2.45, 2.75) is 59.5 Å². The van der Waals surface area contributed by atoms with Gasteiger partial charge in [-0.3, -0.25) is 14.4 Å². The molecule has 2 amide bonds. The zero-order valence-corrected chi connectivity index (χ0v) is 18.8. The minimum Gasteiger partial charge on any atom is -0.333 e. The van der Waals surface area contributed by atoms with Crippen LogP contribution in [-0.4, -0.2) is 44.7 Å². The Morgan fingerprint density at radius 3 is 2.67 bits per heavy atom. The van der Waals surface area contributed by atoms with Crippen molar-refractivity contribution in [1.82, 2.24) is 19.8 Å². The lowest BCUT2D eigenvalue weighted by molar-refractivity contribution is -0.140. The summed E-state index contributed by atoms with van der Waals surface area (Å²) in [5, 5.41) is 0. The predicted molar refractivity (Wildman–Crippen MR) is 116 cm³/mol. The van der Waals surface area contributed by atoms with Crippen molar-refractivity contribution in [1.29, 1.82) is 0 Å². The van der Waals surface area contributed by atoms with E-state index in [0.29, 0.717) is 35.8 Å². The monoisotopic (exact) mass is 428 g/mol. The van der Waals surface area contributed by atoms with Crippen molar-refractivity contribution in [3.05, 3.63) is 49.3 Å². The second kappa shape index (κ2) is 7.65. The first-order chi connectivity index (χ1) is 14.1. The summed E-state index contributed by atoms with van der Waals surface area (Å²) in [6.07, 6.45) is 2.24. The number of fused-ring (bicyclic) bond motifs is 1. The average molecular weight is 429 g/mol. The number of hydrogen-bond acceptors (Lipinski definition) is 5. The minimum atomic E-state index is -0.474. The number of nitrogens with zero attached hydrogens (tertiary/aromatic N) is 3. The maximum atomic E-state index is 12.9. The molecule has 1 atom stereocenters. The zero-order chi connectivity index (χ0) is 21.6. The van der Waals surface area contributed by atoms with Crippen LogP contribution in [0.3, 0.4) is 0 Å². The lowest BCUT2D eigenvalue weighted by Gasteiger charge is -2.31. The third-order valence-corrected chi connectivity index (χ3v) is 6.78. The van der Waals surface area contributed by atoms with Crippen LogP contribution in [0.5, 0.6) is 0 Å². The van der Waals surface area contributed by atoms with Gasteiger partial charge in [-0.15, -0.1) is 11.3 Å². The van der Waals surface area contributed by atoms with E-state index < -0.39 is 5.41 Å². The Hall–Kier alpha value is -2.48. The molecule has 0 unspecified atom stereocenters. The number of thiophene rings is 1. The number of likely N-dealkylation sites (tertiary alicyclic amines) is 1. The van der Waals surface area contributed by atoms with Crippen LogP contribution in [0.1, 0.15) is 71.3 Å². The molecule has 0 bridgehead atoms. The SMILES string of the molecule is Cc1ccc(C(=O)N2CCc3nc([C@H]4CCCN4C(=O)C(C)(C)C)[nH]c(=O)c3C2)s1. The second-order valence-corrected chi connectivity index (χ2v) is 10.5. The molecule has 0 aliphatic carbocycles. The molecule has 30 heavy (non-hydrogen) atoms. The van der Waals surface area contributed by atoms with Gasteiger partial charge < -0.3 is 14.8 Å². The highest BCUT2D eigenvalue weighted by Crippen LogP contribution is 2.34. The van der Waals surface area contributed by atoms with Gasteiger partial charge in [0.25, 0.3) is 11.5 Å². The molecule has 7 nitrogen and oxygen atoms in total. The number of aromatic amines is 1. The molecular formula is C22H28N4O3S. The maximum absolute atomic E-state index is 12.9. The Labute approximate surface area is 180 Å². The van der Waals surface area contributed by atoms with Gasteiger partial charge in [0.1, 0.15) is 5.82 Å². The number of amides is 2. The van der Waals surface area contributed by atoms with Crippen LogP contribution in [0.15, 0.2) is 16.9 Å². The summed E-state index contributed by atoms with van der Waals surface area (Å²) >= 11 is 1.47. The smallest absolute Gasteiger partial charge is 0.264 e. The number of carbonyl (C=O) groups is 2. The molecule has 2 aromatic heterocycles. The van der Waals surface area contributed by atoms with Crippen LogP contribution in [0.2, 0.25) is 0 Å². The molecule has 0 aromatic carbocycles.